The van der Waals surface area contributed by atoms with Crippen molar-refractivity contribution in [2.24, 2.45) is 0 Å². The number of rotatable bonds is 7. The van der Waals surface area contributed by atoms with E-state index < -0.39 is 17.7 Å². The van der Waals surface area contributed by atoms with E-state index in [0.29, 0.717) is 18.7 Å². The zero-order valence-electron chi connectivity index (χ0n) is 21.9. The third-order valence-corrected chi connectivity index (χ3v) is 7.21. The van der Waals surface area contributed by atoms with Gasteiger partial charge in [0.25, 0.3) is 11.7 Å². The number of Topliss-reactive ketones (excluding diaryl/α,β-unsaturated/α-hetero) is 1. The Hall–Kier alpha value is -3.44. The van der Waals surface area contributed by atoms with Gasteiger partial charge in [0.2, 0.25) is 0 Å². The van der Waals surface area contributed by atoms with Crippen molar-refractivity contribution >= 4 is 28.2 Å². The van der Waals surface area contributed by atoms with Gasteiger partial charge in [-0.25, -0.2) is 0 Å². The zero-order valence-corrected chi connectivity index (χ0v) is 21.9. The number of carbonyl (C=O) groups excluding carboxylic acids is 2. The van der Waals surface area contributed by atoms with Gasteiger partial charge in [0.05, 0.1) is 11.6 Å². The molecule has 1 N–H and O–H groups in total. The molecule has 0 aromatic heterocycles. The number of benzene rings is 3. The van der Waals surface area contributed by atoms with Crippen molar-refractivity contribution in [1.82, 2.24) is 9.80 Å². The molecule has 0 bridgehead atoms. The molecule has 1 aliphatic heterocycles. The van der Waals surface area contributed by atoms with Gasteiger partial charge in [-0.2, -0.15) is 0 Å². The molecular weight excluding hydrogens is 448 g/mol. The Balaban J connectivity index is 1.82. The highest BCUT2D eigenvalue weighted by molar-refractivity contribution is 6.46. The molecule has 0 radical (unpaired) electrons. The Bertz CT molecular complexity index is 1300. The van der Waals surface area contributed by atoms with E-state index in [9.17, 15) is 14.7 Å². The molecule has 36 heavy (non-hydrogen) atoms. The summed E-state index contributed by atoms with van der Waals surface area (Å²) < 4.78 is 0. The minimum absolute atomic E-state index is 0.0197. The fourth-order valence-electron chi connectivity index (χ4n) is 4.90. The molecular formula is C31H36N2O3. The van der Waals surface area contributed by atoms with Gasteiger partial charge in [-0.3, -0.25) is 9.59 Å². The number of likely N-dealkylation sites (tertiary alicyclic amines) is 1. The smallest absolute Gasteiger partial charge is 0.295 e. The molecule has 1 saturated heterocycles. The highest BCUT2D eigenvalue weighted by Gasteiger charge is 2.46. The molecule has 1 atom stereocenters. The first kappa shape index (κ1) is 25.6. The van der Waals surface area contributed by atoms with Gasteiger partial charge >= 0.3 is 0 Å². The lowest BCUT2D eigenvalue weighted by Gasteiger charge is -2.28. The Labute approximate surface area is 214 Å². The summed E-state index contributed by atoms with van der Waals surface area (Å²) in [6.45, 7) is 13.4. The van der Waals surface area contributed by atoms with Crippen LogP contribution in [0.5, 0.6) is 0 Å². The molecule has 3 aromatic rings. The molecule has 1 heterocycles. The van der Waals surface area contributed by atoms with E-state index in [1.54, 1.807) is 11.0 Å². The fourth-order valence-corrected chi connectivity index (χ4v) is 4.90. The van der Waals surface area contributed by atoms with E-state index in [-0.39, 0.29) is 16.7 Å². The molecule has 0 saturated carbocycles. The maximum atomic E-state index is 13.4. The van der Waals surface area contributed by atoms with Crippen LogP contribution in [-0.4, -0.2) is 52.8 Å². The van der Waals surface area contributed by atoms with Gasteiger partial charge < -0.3 is 14.9 Å². The molecule has 5 heteroatoms. The van der Waals surface area contributed by atoms with Crippen LogP contribution in [0.3, 0.4) is 0 Å². The van der Waals surface area contributed by atoms with Crippen molar-refractivity contribution in [2.75, 3.05) is 26.2 Å². The van der Waals surface area contributed by atoms with Crippen LogP contribution in [0.4, 0.5) is 0 Å². The average Bonchev–Trinajstić information content (AvgIpc) is 3.13. The van der Waals surface area contributed by atoms with Crippen molar-refractivity contribution in [1.29, 1.82) is 0 Å². The van der Waals surface area contributed by atoms with E-state index in [1.165, 1.54) is 5.56 Å². The second-order valence-electron chi connectivity index (χ2n) is 10.5. The van der Waals surface area contributed by atoms with Crippen LogP contribution in [0, 0.1) is 0 Å². The largest absolute Gasteiger partial charge is 0.507 e. The molecule has 1 amide bonds. The Morgan fingerprint density at radius 2 is 1.56 bits per heavy atom. The highest BCUT2D eigenvalue weighted by Crippen LogP contribution is 2.40. The second-order valence-corrected chi connectivity index (χ2v) is 10.5. The molecule has 5 nitrogen and oxygen atoms in total. The molecule has 0 spiro atoms. The summed E-state index contributed by atoms with van der Waals surface area (Å²) >= 11 is 0. The molecule has 4 rings (SSSR count). The van der Waals surface area contributed by atoms with Gasteiger partial charge in [0, 0.05) is 18.7 Å². The SMILES string of the molecule is CCN(CC)CCN1C(=O)C(=O)/C(=C(\O)c2ccc3ccccc3c2)C1c1ccc(C(C)(C)C)cc1. The minimum atomic E-state index is -0.638. The normalized spacial score (nSPS) is 17.9. The molecule has 1 aliphatic rings. The maximum absolute atomic E-state index is 13.4. The summed E-state index contributed by atoms with van der Waals surface area (Å²) in [6.07, 6.45) is 0. The number of amides is 1. The summed E-state index contributed by atoms with van der Waals surface area (Å²) in [7, 11) is 0. The van der Waals surface area contributed by atoms with E-state index in [1.807, 2.05) is 48.5 Å². The summed E-state index contributed by atoms with van der Waals surface area (Å²) in [5.74, 6) is -1.33. The number of fused-ring (bicyclic) bond motifs is 1. The van der Waals surface area contributed by atoms with Crippen LogP contribution < -0.4 is 0 Å². The number of aliphatic hydroxyl groups is 1. The Kier molecular flexibility index (Phi) is 7.32. The van der Waals surface area contributed by atoms with Crippen molar-refractivity contribution in [2.45, 2.75) is 46.1 Å². The third-order valence-electron chi connectivity index (χ3n) is 7.21. The van der Waals surface area contributed by atoms with Crippen LogP contribution >= 0.6 is 0 Å². The van der Waals surface area contributed by atoms with Crippen molar-refractivity contribution in [3.63, 3.8) is 0 Å². The monoisotopic (exact) mass is 484 g/mol. The molecule has 188 valence electrons. The average molecular weight is 485 g/mol. The molecule has 1 unspecified atom stereocenters. The second kappa shape index (κ2) is 10.3. The van der Waals surface area contributed by atoms with Crippen molar-refractivity contribution in [3.8, 4) is 0 Å². The van der Waals surface area contributed by atoms with Gasteiger partial charge in [0.15, 0.2) is 0 Å². The van der Waals surface area contributed by atoms with Crippen molar-refractivity contribution in [3.05, 3.63) is 89.0 Å². The standard InChI is InChI=1S/C31H36N2O3/c1-6-32(7-2)18-19-33-27(22-14-16-25(17-15-22)31(3,4)5)26(29(35)30(33)36)28(34)24-13-12-21-10-8-9-11-23(21)20-24/h8-17,20,27,34H,6-7,18-19H2,1-5H3/b28-26-. The summed E-state index contributed by atoms with van der Waals surface area (Å²) in [5, 5.41) is 13.4. The minimum Gasteiger partial charge on any atom is -0.507 e. The Morgan fingerprint density at radius 3 is 2.17 bits per heavy atom. The Morgan fingerprint density at radius 1 is 0.917 bits per heavy atom. The van der Waals surface area contributed by atoms with E-state index in [0.717, 1.165) is 29.4 Å². The van der Waals surface area contributed by atoms with Crippen LogP contribution in [0.25, 0.3) is 16.5 Å². The van der Waals surface area contributed by atoms with Crippen molar-refractivity contribution < 1.29 is 14.7 Å². The predicted molar refractivity (Wildman–Crippen MR) is 146 cm³/mol. The van der Waals surface area contributed by atoms with E-state index in [2.05, 4.69) is 51.7 Å². The number of likely N-dealkylation sites (N-methyl/N-ethyl adjacent to an activating group) is 1. The fraction of sp³-hybridized carbons (Fsp3) is 0.355. The first-order valence-electron chi connectivity index (χ1n) is 12.8. The van der Waals surface area contributed by atoms with Crippen LogP contribution in [0.1, 0.15) is 57.4 Å². The van der Waals surface area contributed by atoms with Gasteiger partial charge in [-0.15, -0.1) is 0 Å². The summed E-state index contributed by atoms with van der Waals surface area (Å²) in [5.41, 5.74) is 2.66. The summed E-state index contributed by atoms with van der Waals surface area (Å²) in [6, 6.07) is 20.9. The van der Waals surface area contributed by atoms with E-state index >= 15 is 0 Å². The first-order valence-corrected chi connectivity index (χ1v) is 12.8. The summed E-state index contributed by atoms with van der Waals surface area (Å²) in [4.78, 5) is 30.5. The quantitative estimate of drug-likeness (QED) is 0.258. The number of aliphatic hydroxyl groups excluding tert-OH is 1. The highest BCUT2D eigenvalue weighted by atomic mass is 16.3. The third kappa shape index (κ3) is 4.93. The number of carbonyl (C=O) groups is 2. The lowest BCUT2D eigenvalue weighted by molar-refractivity contribution is -0.140. The number of hydrogen-bond acceptors (Lipinski definition) is 4. The zero-order chi connectivity index (χ0) is 26.0. The van der Waals surface area contributed by atoms with Gasteiger partial charge in [-0.05, 0) is 46.5 Å². The molecule has 0 aliphatic carbocycles. The van der Waals surface area contributed by atoms with Crippen LogP contribution in [-0.2, 0) is 15.0 Å². The number of ketones is 1. The molecule has 1 fully saturated rings. The number of hydrogen-bond donors (Lipinski definition) is 1. The topological polar surface area (TPSA) is 60.9 Å². The van der Waals surface area contributed by atoms with E-state index in [4.69, 9.17) is 0 Å². The van der Waals surface area contributed by atoms with Crippen LogP contribution in [0.2, 0.25) is 0 Å². The first-order chi connectivity index (χ1) is 17.2. The predicted octanol–water partition coefficient (Wildman–Crippen LogP) is 5.90. The maximum Gasteiger partial charge on any atom is 0.295 e. The van der Waals surface area contributed by atoms with Gasteiger partial charge in [0.1, 0.15) is 5.76 Å². The van der Waals surface area contributed by atoms with Gasteiger partial charge in [-0.1, -0.05) is 95.3 Å². The number of nitrogens with zero attached hydrogens (tertiary/aromatic N) is 2. The lowest BCUT2D eigenvalue weighted by Crippen LogP contribution is -2.38. The lowest BCUT2D eigenvalue weighted by atomic mass is 9.85. The van der Waals surface area contributed by atoms with Crippen LogP contribution in [0.15, 0.2) is 72.3 Å². The molecule has 3 aromatic carbocycles.